The van der Waals surface area contributed by atoms with Crippen molar-refractivity contribution in [3.8, 4) is 17.2 Å². The summed E-state index contributed by atoms with van der Waals surface area (Å²) in [5.41, 5.74) is 2.76. The van der Waals surface area contributed by atoms with E-state index in [1.54, 1.807) is 42.5 Å². The number of aryl methyl sites for hydroxylation is 2. The van der Waals surface area contributed by atoms with Crippen LogP contribution in [-0.2, 0) is 16.0 Å². The van der Waals surface area contributed by atoms with E-state index in [0.29, 0.717) is 54.4 Å². The Kier molecular flexibility index (Phi) is 13.3. The smallest absolute Gasteiger partial charge is 0.343 e. The van der Waals surface area contributed by atoms with Crippen LogP contribution in [0.1, 0.15) is 83.7 Å². The zero-order valence-corrected chi connectivity index (χ0v) is 24.6. The van der Waals surface area contributed by atoms with Gasteiger partial charge in [-0.1, -0.05) is 51.3 Å². The molecule has 3 rings (SSSR count). The molecule has 0 unspecified atom stereocenters. The van der Waals surface area contributed by atoms with E-state index in [-0.39, 0.29) is 0 Å². The van der Waals surface area contributed by atoms with Crippen molar-refractivity contribution in [1.29, 1.82) is 0 Å². The van der Waals surface area contributed by atoms with Crippen LogP contribution in [0.4, 0.5) is 0 Å². The van der Waals surface area contributed by atoms with Crippen molar-refractivity contribution >= 4 is 17.9 Å². The van der Waals surface area contributed by atoms with Crippen molar-refractivity contribution in [1.82, 2.24) is 0 Å². The molecule has 3 aromatic rings. The zero-order chi connectivity index (χ0) is 30.2. The van der Waals surface area contributed by atoms with Crippen LogP contribution in [0.25, 0.3) is 0 Å². The summed E-state index contributed by atoms with van der Waals surface area (Å²) in [6, 6.07) is 19.0. The van der Waals surface area contributed by atoms with E-state index in [4.69, 9.17) is 18.9 Å². The van der Waals surface area contributed by atoms with Crippen molar-refractivity contribution < 1.29 is 33.3 Å². The number of hydrogen-bond acceptors (Lipinski definition) is 7. The third kappa shape index (κ3) is 10.9. The number of benzene rings is 3. The Morgan fingerprint density at radius 1 is 0.714 bits per heavy atom. The second-order valence-corrected chi connectivity index (χ2v) is 10.0. The summed E-state index contributed by atoms with van der Waals surface area (Å²) in [4.78, 5) is 36.3. The number of unbranched alkanes of at least 4 members (excludes halogenated alkanes) is 5. The molecule has 222 valence electrons. The van der Waals surface area contributed by atoms with E-state index in [9.17, 15) is 14.4 Å². The lowest BCUT2D eigenvalue weighted by Gasteiger charge is -2.11. The van der Waals surface area contributed by atoms with Gasteiger partial charge in [-0.25, -0.2) is 14.4 Å². The molecule has 0 heterocycles. The van der Waals surface area contributed by atoms with Crippen LogP contribution >= 0.6 is 0 Å². The molecule has 0 aliphatic carbocycles. The first-order valence-electron chi connectivity index (χ1n) is 14.6. The molecular weight excluding hydrogens is 532 g/mol. The predicted molar refractivity (Wildman–Crippen MR) is 162 cm³/mol. The van der Waals surface area contributed by atoms with Crippen LogP contribution in [0, 0.1) is 6.92 Å². The Labute approximate surface area is 248 Å². The second kappa shape index (κ2) is 17.4. The fourth-order valence-electron chi connectivity index (χ4n) is 4.20. The molecule has 0 aliphatic rings. The number of hydrogen-bond donors (Lipinski definition) is 0. The minimum absolute atomic E-state index is 0.313. The average Bonchev–Trinajstić information content (AvgIpc) is 3.00. The number of esters is 3. The molecule has 0 fully saturated rings. The number of rotatable bonds is 17. The Balaban J connectivity index is 1.44. The molecule has 0 radical (unpaired) electrons. The highest BCUT2D eigenvalue weighted by Crippen LogP contribution is 2.22. The van der Waals surface area contributed by atoms with Gasteiger partial charge in [0.25, 0.3) is 0 Å². The van der Waals surface area contributed by atoms with Gasteiger partial charge in [0.2, 0.25) is 0 Å². The number of carbonyl (C=O) groups excluding carboxylic acids is 3. The molecule has 0 atom stereocenters. The van der Waals surface area contributed by atoms with E-state index in [1.807, 2.05) is 31.2 Å². The first-order chi connectivity index (χ1) is 20.4. The lowest BCUT2D eigenvalue weighted by atomic mass is 10.1. The maximum absolute atomic E-state index is 12.7. The molecule has 0 aliphatic heterocycles. The fourth-order valence-corrected chi connectivity index (χ4v) is 4.20. The molecule has 7 heteroatoms. The van der Waals surface area contributed by atoms with Crippen LogP contribution in [0.2, 0.25) is 0 Å². The van der Waals surface area contributed by atoms with Crippen LogP contribution in [0.5, 0.6) is 17.2 Å². The predicted octanol–water partition coefficient (Wildman–Crippen LogP) is 7.83. The molecule has 0 saturated heterocycles. The van der Waals surface area contributed by atoms with E-state index < -0.39 is 17.9 Å². The lowest BCUT2D eigenvalue weighted by molar-refractivity contribution is -0.137. The number of ether oxygens (including phenoxy) is 4. The first kappa shape index (κ1) is 32.1. The molecule has 0 amide bonds. The van der Waals surface area contributed by atoms with Gasteiger partial charge in [0.15, 0.2) is 0 Å². The maximum atomic E-state index is 12.7. The zero-order valence-electron chi connectivity index (χ0n) is 24.6. The molecule has 0 saturated carbocycles. The Bertz CT molecular complexity index is 1310. The van der Waals surface area contributed by atoms with E-state index >= 15 is 0 Å². The van der Waals surface area contributed by atoms with E-state index in [0.717, 1.165) is 24.5 Å². The minimum atomic E-state index is -0.519. The molecule has 0 N–H and O–H groups in total. The van der Waals surface area contributed by atoms with Gasteiger partial charge in [-0.05, 0) is 98.3 Å². The molecule has 7 nitrogen and oxygen atoms in total. The van der Waals surface area contributed by atoms with Gasteiger partial charge in [0, 0.05) is 6.08 Å². The van der Waals surface area contributed by atoms with Gasteiger partial charge in [-0.3, -0.25) is 0 Å². The Morgan fingerprint density at radius 3 is 1.95 bits per heavy atom. The van der Waals surface area contributed by atoms with Crippen LogP contribution in [0.3, 0.4) is 0 Å². The third-order valence-electron chi connectivity index (χ3n) is 6.62. The average molecular weight is 573 g/mol. The van der Waals surface area contributed by atoms with Crippen LogP contribution < -0.4 is 14.2 Å². The molecular formula is C35H40O7. The normalized spacial score (nSPS) is 10.5. The van der Waals surface area contributed by atoms with E-state index in [2.05, 4.69) is 13.5 Å². The summed E-state index contributed by atoms with van der Waals surface area (Å²) in [5.74, 6) is 0.0258. The van der Waals surface area contributed by atoms with Crippen LogP contribution in [-0.4, -0.2) is 31.1 Å². The van der Waals surface area contributed by atoms with Crippen molar-refractivity contribution in [2.45, 2.75) is 65.2 Å². The quantitative estimate of drug-likeness (QED) is 0.0705. The van der Waals surface area contributed by atoms with Crippen molar-refractivity contribution in [2.24, 2.45) is 0 Å². The summed E-state index contributed by atoms with van der Waals surface area (Å²) < 4.78 is 21.7. The minimum Gasteiger partial charge on any atom is -0.493 e. The first-order valence-corrected chi connectivity index (χ1v) is 14.6. The molecule has 0 bridgehead atoms. The third-order valence-corrected chi connectivity index (χ3v) is 6.62. The largest absolute Gasteiger partial charge is 0.493 e. The molecule has 42 heavy (non-hydrogen) atoms. The van der Waals surface area contributed by atoms with Crippen LogP contribution in [0.15, 0.2) is 79.4 Å². The topological polar surface area (TPSA) is 88.1 Å². The number of carbonyl (C=O) groups is 3. The Morgan fingerprint density at radius 2 is 1.31 bits per heavy atom. The van der Waals surface area contributed by atoms with Gasteiger partial charge >= 0.3 is 17.9 Å². The summed E-state index contributed by atoms with van der Waals surface area (Å²) in [6.45, 7) is 8.18. The Hall–Kier alpha value is -4.39. The van der Waals surface area contributed by atoms with Crippen molar-refractivity contribution in [3.05, 3.63) is 102 Å². The van der Waals surface area contributed by atoms with E-state index in [1.165, 1.54) is 31.2 Å². The summed E-state index contributed by atoms with van der Waals surface area (Å²) >= 11 is 0. The fraction of sp³-hybridized carbons (Fsp3) is 0.343. The van der Waals surface area contributed by atoms with Gasteiger partial charge in [-0.15, -0.1) is 0 Å². The highest BCUT2D eigenvalue weighted by molar-refractivity contribution is 5.93. The van der Waals surface area contributed by atoms with Gasteiger partial charge in [-0.2, -0.15) is 0 Å². The summed E-state index contributed by atoms with van der Waals surface area (Å²) in [6.07, 6.45) is 9.72. The summed E-state index contributed by atoms with van der Waals surface area (Å²) in [5, 5.41) is 0. The monoisotopic (exact) mass is 572 g/mol. The standard InChI is InChI=1S/C35H40O7/c1-4-6-7-8-9-12-27-13-18-30(19-14-27)41-34(37)28-15-20-31(21-16-28)42-35(38)29-17-22-32(26(3)25-29)39-23-10-11-24-40-33(36)5-2/h5,13-22,25H,2,4,6-12,23-24H2,1,3H3. The van der Waals surface area contributed by atoms with Crippen molar-refractivity contribution in [3.63, 3.8) is 0 Å². The van der Waals surface area contributed by atoms with Gasteiger partial charge in [0.05, 0.1) is 24.3 Å². The molecule has 0 aromatic heterocycles. The SMILES string of the molecule is C=CC(=O)OCCCCOc1ccc(C(=O)Oc2ccc(C(=O)Oc3ccc(CCCCCCC)cc3)cc2)cc1C. The lowest BCUT2D eigenvalue weighted by Crippen LogP contribution is -2.11. The second-order valence-electron chi connectivity index (χ2n) is 10.0. The van der Waals surface area contributed by atoms with Gasteiger partial charge < -0.3 is 18.9 Å². The molecule has 0 spiro atoms. The maximum Gasteiger partial charge on any atom is 0.343 e. The highest BCUT2D eigenvalue weighted by Gasteiger charge is 2.13. The van der Waals surface area contributed by atoms with Crippen molar-refractivity contribution in [2.75, 3.05) is 13.2 Å². The highest BCUT2D eigenvalue weighted by atomic mass is 16.5. The summed E-state index contributed by atoms with van der Waals surface area (Å²) in [7, 11) is 0. The molecule has 3 aromatic carbocycles. The van der Waals surface area contributed by atoms with Gasteiger partial charge in [0.1, 0.15) is 17.2 Å².